The van der Waals surface area contributed by atoms with Crippen LogP contribution in [0.3, 0.4) is 0 Å². The summed E-state index contributed by atoms with van der Waals surface area (Å²) in [5.74, 6) is 5.65. The molecule has 2 N–H and O–H groups in total. The SMILES string of the molecule is CC#C[C@@]1(O)[C@@H]2O[Si](C(C)C)(C(C)C)O[Si](C(C)C)(C(C)C)OC[C@H]2O[C@H]1n1ccc(=O)[nH]c1=O. The molecular weight excluding hydrogens is 484 g/mol. The van der Waals surface area contributed by atoms with Crippen LogP contribution in [-0.4, -0.2) is 56.2 Å². The smallest absolute Gasteiger partial charge is 0.335 e. The Hall–Kier alpha value is -1.53. The van der Waals surface area contributed by atoms with Crippen molar-refractivity contribution >= 4 is 17.1 Å². The molecule has 0 spiro atoms. The third kappa shape index (κ3) is 4.66. The minimum atomic E-state index is -3.05. The maximum atomic E-state index is 12.7. The molecule has 196 valence electrons. The van der Waals surface area contributed by atoms with Gasteiger partial charge in [0, 0.05) is 12.3 Å². The maximum Gasteiger partial charge on any atom is 0.335 e. The van der Waals surface area contributed by atoms with Gasteiger partial charge in [-0.15, -0.1) is 5.92 Å². The number of nitrogens with zero attached hydrogens (tertiary/aromatic N) is 1. The van der Waals surface area contributed by atoms with Crippen LogP contribution < -0.4 is 11.2 Å². The summed E-state index contributed by atoms with van der Waals surface area (Å²) in [6.45, 7) is 18.6. The van der Waals surface area contributed by atoms with Gasteiger partial charge in [0.2, 0.25) is 0 Å². The topological polar surface area (TPSA) is 112 Å². The van der Waals surface area contributed by atoms with Crippen molar-refractivity contribution in [3.63, 3.8) is 0 Å². The molecule has 11 heteroatoms. The molecule has 0 saturated carbocycles. The van der Waals surface area contributed by atoms with Gasteiger partial charge in [0.05, 0.1) is 6.61 Å². The van der Waals surface area contributed by atoms with E-state index in [0.29, 0.717) is 0 Å². The summed E-state index contributed by atoms with van der Waals surface area (Å²) in [6, 6.07) is 1.21. The minimum absolute atomic E-state index is 0.0444. The zero-order chi connectivity index (χ0) is 26.3. The Balaban J connectivity index is 2.23. The van der Waals surface area contributed by atoms with Crippen LogP contribution in [0.25, 0.3) is 0 Å². The molecule has 0 aromatic carbocycles. The van der Waals surface area contributed by atoms with Crippen molar-refractivity contribution in [3.8, 4) is 11.8 Å². The van der Waals surface area contributed by atoms with Gasteiger partial charge in [-0.05, 0) is 29.1 Å². The van der Waals surface area contributed by atoms with Gasteiger partial charge in [-0.1, -0.05) is 61.3 Å². The summed E-state index contributed by atoms with van der Waals surface area (Å²) in [6.07, 6.45) is -1.50. The fourth-order valence-electron chi connectivity index (χ4n) is 5.40. The van der Waals surface area contributed by atoms with Crippen LogP contribution in [0, 0.1) is 11.8 Å². The molecule has 0 bridgehead atoms. The summed E-state index contributed by atoms with van der Waals surface area (Å²) < 4.78 is 28.3. The first kappa shape index (κ1) is 28.1. The molecule has 2 aliphatic heterocycles. The van der Waals surface area contributed by atoms with Crippen LogP contribution in [0.2, 0.25) is 22.2 Å². The largest absolute Gasteiger partial charge is 0.414 e. The highest BCUT2D eigenvalue weighted by molar-refractivity contribution is 6.84. The molecule has 9 nitrogen and oxygen atoms in total. The average molecular weight is 525 g/mol. The van der Waals surface area contributed by atoms with Crippen molar-refractivity contribution in [3.05, 3.63) is 33.1 Å². The molecule has 0 radical (unpaired) electrons. The van der Waals surface area contributed by atoms with Crippen LogP contribution in [0.4, 0.5) is 0 Å². The van der Waals surface area contributed by atoms with Crippen LogP contribution in [0.5, 0.6) is 0 Å². The molecule has 3 heterocycles. The molecule has 1 aromatic heterocycles. The van der Waals surface area contributed by atoms with E-state index in [4.69, 9.17) is 17.7 Å². The van der Waals surface area contributed by atoms with E-state index in [1.54, 1.807) is 6.92 Å². The van der Waals surface area contributed by atoms with Gasteiger partial charge in [-0.3, -0.25) is 14.3 Å². The molecule has 0 aliphatic carbocycles. The van der Waals surface area contributed by atoms with E-state index in [2.05, 4.69) is 72.2 Å². The Labute approximate surface area is 209 Å². The Bertz CT molecular complexity index is 1070. The fraction of sp³-hybridized carbons (Fsp3) is 0.750. The Morgan fingerprint density at radius 3 is 2.11 bits per heavy atom. The Morgan fingerprint density at radius 1 is 1.06 bits per heavy atom. The molecule has 4 atom stereocenters. The first-order valence-corrected chi connectivity index (χ1v) is 16.3. The van der Waals surface area contributed by atoms with Gasteiger partial charge >= 0.3 is 22.8 Å². The lowest BCUT2D eigenvalue weighted by Gasteiger charge is -2.51. The number of rotatable bonds is 5. The highest BCUT2D eigenvalue weighted by Crippen LogP contribution is 2.50. The third-order valence-corrected chi connectivity index (χ3v) is 17.4. The number of aromatic amines is 1. The lowest BCUT2D eigenvalue weighted by Crippen LogP contribution is -2.67. The molecule has 2 saturated heterocycles. The Kier molecular flexibility index (Phi) is 8.08. The lowest BCUT2D eigenvalue weighted by atomic mass is 9.94. The number of fused-ring (bicyclic) bond motifs is 1. The van der Waals surface area contributed by atoms with Crippen molar-refractivity contribution < 1.29 is 22.8 Å². The second-order valence-electron chi connectivity index (χ2n) is 10.8. The van der Waals surface area contributed by atoms with Gasteiger partial charge in [-0.25, -0.2) is 4.79 Å². The maximum absolute atomic E-state index is 12.7. The van der Waals surface area contributed by atoms with Crippen molar-refractivity contribution in [2.24, 2.45) is 0 Å². The second kappa shape index (κ2) is 10.1. The van der Waals surface area contributed by atoms with E-state index in [0.717, 1.165) is 4.57 Å². The zero-order valence-corrected chi connectivity index (χ0v) is 24.2. The molecule has 1 aromatic rings. The van der Waals surface area contributed by atoms with Crippen molar-refractivity contribution in [1.29, 1.82) is 0 Å². The van der Waals surface area contributed by atoms with Crippen molar-refractivity contribution in [2.45, 2.75) is 109 Å². The van der Waals surface area contributed by atoms with E-state index in [1.165, 1.54) is 12.3 Å². The minimum Gasteiger partial charge on any atom is -0.414 e. The quantitative estimate of drug-likeness (QED) is 0.449. The van der Waals surface area contributed by atoms with Gasteiger partial charge in [0.1, 0.15) is 12.2 Å². The summed E-state index contributed by atoms with van der Waals surface area (Å²) in [5, 5.41) is 12.0. The number of nitrogens with one attached hydrogen (secondary N) is 1. The number of aliphatic hydroxyl groups is 1. The van der Waals surface area contributed by atoms with Gasteiger partial charge < -0.3 is 22.8 Å². The van der Waals surface area contributed by atoms with E-state index in [1.807, 2.05) is 0 Å². The van der Waals surface area contributed by atoms with Crippen molar-refractivity contribution in [1.82, 2.24) is 9.55 Å². The number of aromatic nitrogens is 2. The molecule has 2 aliphatic rings. The lowest BCUT2D eigenvalue weighted by molar-refractivity contribution is -0.0751. The molecule has 0 unspecified atom stereocenters. The van der Waals surface area contributed by atoms with Gasteiger partial charge in [0.25, 0.3) is 5.56 Å². The normalized spacial score (nSPS) is 30.2. The number of hydrogen-bond donors (Lipinski definition) is 2. The fourth-order valence-corrected chi connectivity index (χ4v) is 16.6. The van der Waals surface area contributed by atoms with Crippen LogP contribution in [0.1, 0.15) is 68.5 Å². The predicted molar refractivity (Wildman–Crippen MR) is 137 cm³/mol. The molecule has 3 rings (SSSR count). The van der Waals surface area contributed by atoms with E-state index >= 15 is 0 Å². The summed E-state index contributed by atoms with van der Waals surface area (Å²) in [5.41, 5.74) is -2.71. The van der Waals surface area contributed by atoms with Crippen molar-refractivity contribution in [2.75, 3.05) is 6.61 Å². The highest BCUT2D eigenvalue weighted by atomic mass is 28.5. The van der Waals surface area contributed by atoms with E-state index in [9.17, 15) is 14.7 Å². The summed E-state index contributed by atoms with van der Waals surface area (Å²) in [4.78, 5) is 26.6. The third-order valence-electron chi connectivity index (χ3n) is 7.20. The standard InChI is InChI=1S/C24H40N2O7Si2/c1-10-12-24(29)21-19(31-22(24)26-13-11-20(27)25-23(26)28)14-30-34(15(2)3,16(4)5)33-35(32-21,17(6)7)18(8)9/h11,13,15-19,21-22,29H,14H2,1-9H3,(H,25,27,28)/t19-,21-,22-,24-/m1/s1. The predicted octanol–water partition coefficient (Wildman–Crippen LogP) is 3.14. The number of hydrogen-bond acceptors (Lipinski definition) is 7. The molecule has 35 heavy (non-hydrogen) atoms. The number of H-pyrrole nitrogens is 1. The number of ether oxygens (including phenoxy) is 1. The molecular formula is C24H40N2O7Si2. The van der Waals surface area contributed by atoms with Crippen LogP contribution in [-0.2, 0) is 17.7 Å². The summed E-state index contributed by atoms with van der Waals surface area (Å²) in [7, 11) is -5.86. The zero-order valence-electron chi connectivity index (χ0n) is 22.2. The summed E-state index contributed by atoms with van der Waals surface area (Å²) >= 11 is 0. The highest BCUT2D eigenvalue weighted by Gasteiger charge is 2.65. The van der Waals surface area contributed by atoms with Gasteiger partial charge in [-0.2, -0.15) is 0 Å². The van der Waals surface area contributed by atoms with Gasteiger partial charge in [0.15, 0.2) is 11.8 Å². The Morgan fingerprint density at radius 2 is 1.63 bits per heavy atom. The first-order valence-electron chi connectivity index (χ1n) is 12.4. The second-order valence-corrected chi connectivity index (χ2v) is 19.6. The van der Waals surface area contributed by atoms with E-state index in [-0.39, 0.29) is 28.8 Å². The first-order chi connectivity index (χ1) is 16.2. The van der Waals surface area contributed by atoms with Crippen LogP contribution in [0.15, 0.2) is 21.9 Å². The molecule has 2 fully saturated rings. The van der Waals surface area contributed by atoms with Crippen LogP contribution >= 0.6 is 0 Å². The monoisotopic (exact) mass is 524 g/mol. The average Bonchev–Trinajstić information content (AvgIpc) is 2.98. The molecule has 0 amide bonds. The van der Waals surface area contributed by atoms with E-state index < -0.39 is 52.4 Å².